The van der Waals surface area contributed by atoms with Crippen LogP contribution in [0.3, 0.4) is 0 Å². The fourth-order valence-electron chi connectivity index (χ4n) is 4.63. The van der Waals surface area contributed by atoms with Gasteiger partial charge in [-0.1, -0.05) is 0 Å². The van der Waals surface area contributed by atoms with Gasteiger partial charge in [0.1, 0.15) is 35.1 Å². The highest BCUT2D eigenvalue weighted by molar-refractivity contribution is 5.88. The highest BCUT2D eigenvalue weighted by Crippen LogP contribution is 2.37. The molecule has 2 aromatic carbocycles. The molecule has 5 aromatic rings. The van der Waals surface area contributed by atoms with Crippen molar-refractivity contribution in [3.8, 4) is 11.4 Å². The van der Waals surface area contributed by atoms with Crippen molar-refractivity contribution in [3.05, 3.63) is 83.9 Å². The van der Waals surface area contributed by atoms with Crippen LogP contribution >= 0.6 is 0 Å². The molecule has 2 N–H and O–H groups in total. The second kappa shape index (κ2) is 8.95. The van der Waals surface area contributed by atoms with E-state index in [1.54, 1.807) is 0 Å². The molecule has 3 aromatic heterocycles. The molecular weight excluding hydrogens is 462 g/mol. The number of anilines is 3. The molecule has 10 heteroatoms. The summed E-state index contributed by atoms with van der Waals surface area (Å²) in [6, 6.07) is 14.7. The lowest BCUT2D eigenvalue weighted by Crippen LogP contribution is -2.24. The summed E-state index contributed by atoms with van der Waals surface area (Å²) in [5, 5.41) is 10.4. The molecule has 8 nitrogen and oxygen atoms in total. The lowest BCUT2D eigenvalue weighted by molar-refractivity contribution is 0.560. The van der Waals surface area contributed by atoms with Crippen LogP contribution in [0.2, 0.25) is 0 Å². The van der Waals surface area contributed by atoms with E-state index in [-0.39, 0.29) is 6.04 Å². The van der Waals surface area contributed by atoms with Crippen LogP contribution in [0.1, 0.15) is 30.3 Å². The van der Waals surface area contributed by atoms with Gasteiger partial charge in [0.25, 0.3) is 0 Å². The maximum absolute atomic E-state index is 14.6. The van der Waals surface area contributed by atoms with E-state index >= 15 is 0 Å². The van der Waals surface area contributed by atoms with Crippen molar-refractivity contribution in [1.29, 1.82) is 0 Å². The van der Waals surface area contributed by atoms with Gasteiger partial charge in [-0.05, 0) is 74.4 Å². The number of benzene rings is 2. The molecule has 0 radical (unpaired) electrons. The standard InChI is InChI=1S/C26H22F2N8/c1-15-31-25(35-34-15)16-4-7-18(8-5-16)32-26-24-21(29-14-30-26)10-11-23(33-24)36-12-2-3-22(36)19-13-17(27)6-9-20(19)28/h4-11,13-14,22H,2-3,12H2,1H3,(H,29,30,32)(H,31,34,35). The van der Waals surface area contributed by atoms with Crippen LogP contribution in [0.4, 0.5) is 26.1 Å². The molecule has 36 heavy (non-hydrogen) atoms. The smallest absolute Gasteiger partial charge is 0.181 e. The number of nitrogens with zero attached hydrogens (tertiary/aromatic N) is 6. The summed E-state index contributed by atoms with van der Waals surface area (Å²) >= 11 is 0. The summed E-state index contributed by atoms with van der Waals surface area (Å²) in [5.41, 5.74) is 3.33. The number of aryl methyl sites for hydroxylation is 1. The topological polar surface area (TPSA) is 95.5 Å². The molecule has 0 aliphatic carbocycles. The van der Waals surface area contributed by atoms with Crippen molar-refractivity contribution in [1.82, 2.24) is 30.1 Å². The lowest BCUT2D eigenvalue weighted by atomic mass is 10.0. The molecule has 4 heterocycles. The average Bonchev–Trinajstić information content (AvgIpc) is 3.55. The van der Waals surface area contributed by atoms with E-state index in [1.807, 2.05) is 48.2 Å². The fraction of sp³-hybridized carbons (Fsp3) is 0.192. The van der Waals surface area contributed by atoms with Crippen LogP contribution in [0, 0.1) is 18.6 Å². The number of aromatic nitrogens is 6. The molecule has 0 amide bonds. The minimum atomic E-state index is -0.450. The zero-order valence-electron chi connectivity index (χ0n) is 19.4. The quantitative estimate of drug-likeness (QED) is 0.341. The second-order valence-electron chi connectivity index (χ2n) is 8.72. The van der Waals surface area contributed by atoms with Gasteiger partial charge in [-0.2, -0.15) is 5.10 Å². The molecule has 1 unspecified atom stereocenters. The van der Waals surface area contributed by atoms with E-state index in [2.05, 4.69) is 30.5 Å². The van der Waals surface area contributed by atoms with E-state index in [0.717, 1.165) is 29.6 Å². The third-order valence-corrected chi connectivity index (χ3v) is 6.33. The number of halogens is 2. The monoisotopic (exact) mass is 484 g/mol. The Labute approximate surface area is 205 Å². The van der Waals surface area contributed by atoms with Crippen LogP contribution < -0.4 is 10.2 Å². The summed E-state index contributed by atoms with van der Waals surface area (Å²) in [6.07, 6.45) is 3.05. The Morgan fingerprint density at radius 1 is 1.00 bits per heavy atom. The predicted octanol–water partition coefficient (Wildman–Crippen LogP) is 5.48. The van der Waals surface area contributed by atoms with Gasteiger partial charge in [-0.15, -0.1) is 0 Å². The van der Waals surface area contributed by atoms with Crippen molar-refractivity contribution in [3.63, 3.8) is 0 Å². The van der Waals surface area contributed by atoms with E-state index in [1.165, 1.54) is 18.5 Å². The van der Waals surface area contributed by atoms with E-state index in [9.17, 15) is 8.78 Å². The van der Waals surface area contributed by atoms with Gasteiger partial charge in [0, 0.05) is 23.4 Å². The number of nitrogens with one attached hydrogen (secondary N) is 2. The normalized spacial score (nSPS) is 15.5. The first-order chi connectivity index (χ1) is 17.5. The third kappa shape index (κ3) is 4.10. The SMILES string of the molecule is Cc1nc(-c2ccc(Nc3ncnc4ccc(N5CCCC5c5cc(F)ccc5F)nc34)cc2)n[nH]1. The first-order valence-electron chi connectivity index (χ1n) is 11.6. The van der Waals surface area contributed by atoms with Crippen LogP contribution in [0.5, 0.6) is 0 Å². The molecule has 180 valence electrons. The zero-order chi connectivity index (χ0) is 24.6. The summed E-state index contributed by atoms with van der Waals surface area (Å²) in [4.78, 5) is 20.0. The molecular formula is C26H22F2N8. The Hall–Kier alpha value is -4.47. The molecule has 0 saturated carbocycles. The van der Waals surface area contributed by atoms with Crippen molar-refractivity contribution < 1.29 is 8.78 Å². The van der Waals surface area contributed by atoms with Crippen molar-refractivity contribution in [2.75, 3.05) is 16.8 Å². The maximum Gasteiger partial charge on any atom is 0.181 e. The number of pyridine rings is 1. The summed E-state index contributed by atoms with van der Waals surface area (Å²) in [6.45, 7) is 2.55. The largest absolute Gasteiger partial charge is 0.349 e. The Kier molecular flexibility index (Phi) is 5.48. The van der Waals surface area contributed by atoms with Crippen LogP contribution in [0.15, 0.2) is 60.9 Å². The van der Waals surface area contributed by atoms with Crippen molar-refractivity contribution >= 4 is 28.4 Å². The number of aromatic amines is 1. The fourth-order valence-corrected chi connectivity index (χ4v) is 4.63. The van der Waals surface area contributed by atoms with Crippen molar-refractivity contribution in [2.24, 2.45) is 0 Å². The molecule has 1 atom stereocenters. The van der Waals surface area contributed by atoms with Gasteiger partial charge in [-0.3, -0.25) is 5.10 Å². The van der Waals surface area contributed by atoms with Gasteiger partial charge in [0.2, 0.25) is 0 Å². The predicted molar refractivity (Wildman–Crippen MR) is 133 cm³/mol. The van der Waals surface area contributed by atoms with Crippen LogP contribution in [-0.4, -0.2) is 36.7 Å². The Morgan fingerprint density at radius 2 is 1.86 bits per heavy atom. The Morgan fingerprint density at radius 3 is 2.67 bits per heavy atom. The summed E-state index contributed by atoms with van der Waals surface area (Å²) in [7, 11) is 0. The summed E-state index contributed by atoms with van der Waals surface area (Å²) < 4.78 is 28.4. The molecule has 1 aliphatic heterocycles. The highest BCUT2D eigenvalue weighted by atomic mass is 19.1. The van der Waals surface area contributed by atoms with Gasteiger partial charge in [0.05, 0.1) is 11.6 Å². The number of H-pyrrole nitrogens is 1. The second-order valence-corrected chi connectivity index (χ2v) is 8.72. The molecule has 6 rings (SSSR count). The van der Waals surface area contributed by atoms with E-state index in [4.69, 9.17) is 4.98 Å². The maximum atomic E-state index is 14.6. The average molecular weight is 485 g/mol. The summed E-state index contributed by atoms with van der Waals surface area (Å²) in [5.74, 6) is 1.74. The van der Waals surface area contributed by atoms with Crippen LogP contribution in [0.25, 0.3) is 22.4 Å². The number of hydrogen-bond donors (Lipinski definition) is 2. The van der Waals surface area contributed by atoms with E-state index in [0.29, 0.717) is 47.0 Å². The molecule has 1 fully saturated rings. The molecule has 1 aliphatic rings. The lowest BCUT2D eigenvalue weighted by Gasteiger charge is -2.26. The van der Waals surface area contributed by atoms with Gasteiger partial charge < -0.3 is 10.2 Å². The van der Waals surface area contributed by atoms with Gasteiger partial charge >= 0.3 is 0 Å². The van der Waals surface area contributed by atoms with Crippen LogP contribution in [-0.2, 0) is 0 Å². The minimum absolute atomic E-state index is 0.293. The van der Waals surface area contributed by atoms with Crippen molar-refractivity contribution in [2.45, 2.75) is 25.8 Å². The van der Waals surface area contributed by atoms with E-state index < -0.39 is 11.6 Å². The number of hydrogen-bond acceptors (Lipinski definition) is 7. The molecule has 0 spiro atoms. The number of rotatable bonds is 5. The van der Waals surface area contributed by atoms with Gasteiger partial charge in [-0.25, -0.2) is 28.7 Å². The molecule has 0 bridgehead atoms. The first-order valence-corrected chi connectivity index (χ1v) is 11.6. The Balaban J connectivity index is 1.31. The Bertz CT molecular complexity index is 1550. The van der Waals surface area contributed by atoms with Gasteiger partial charge in [0.15, 0.2) is 11.6 Å². The number of fused-ring (bicyclic) bond motifs is 1. The zero-order valence-corrected chi connectivity index (χ0v) is 19.4. The first kappa shape index (κ1) is 22.0. The third-order valence-electron chi connectivity index (χ3n) is 6.33. The minimum Gasteiger partial charge on any atom is -0.349 e. The highest BCUT2D eigenvalue weighted by Gasteiger charge is 2.30. The molecule has 1 saturated heterocycles.